The Morgan fingerprint density at radius 3 is 1.67 bits per heavy atom. The summed E-state index contributed by atoms with van der Waals surface area (Å²) >= 11 is 0. The molecule has 4 heteroatoms. The van der Waals surface area contributed by atoms with Gasteiger partial charge in [-0.1, -0.05) is 41.5 Å². The highest BCUT2D eigenvalue weighted by atomic mass is 19.1. The molecule has 0 bridgehead atoms. The average molecular weight is 344 g/mol. The van der Waals surface area contributed by atoms with Crippen molar-refractivity contribution in [3.05, 3.63) is 29.8 Å². The quantitative estimate of drug-likeness (QED) is 0.719. The van der Waals surface area contributed by atoms with Gasteiger partial charge in [-0.3, -0.25) is 0 Å². The molecule has 140 valence electrons. The lowest BCUT2D eigenvalue weighted by Gasteiger charge is -2.24. The van der Waals surface area contributed by atoms with Gasteiger partial charge in [0.25, 0.3) is 0 Å². The Kier molecular flexibility index (Phi) is 10.1. The van der Waals surface area contributed by atoms with E-state index in [9.17, 15) is 8.78 Å². The summed E-state index contributed by atoms with van der Waals surface area (Å²) in [5.41, 5.74) is 0. The molecule has 0 aromatic heterocycles. The first-order valence-electron chi connectivity index (χ1n) is 8.77. The van der Waals surface area contributed by atoms with Crippen molar-refractivity contribution in [2.24, 2.45) is 23.7 Å². The third kappa shape index (κ3) is 8.09. The summed E-state index contributed by atoms with van der Waals surface area (Å²) in [5.74, 6) is 0.659. The molecule has 0 spiro atoms. The molecule has 0 saturated heterocycles. The van der Waals surface area contributed by atoms with E-state index in [1.165, 1.54) is 12.1 Å². The van der Waals surface area contributed by atoms with E-state index in [4.69, 9.17) is 9.84 Å². The number of aliphatic hydroxyl groups is 1. The van der Waals surface area contributed by atoms with Crippen LogP contribution in [-0.2, 0) is 0 Å². The second-order valence-electron chi connectivity index (χ2n) is 7.34. The van der Waals surface area contributed by atoms with Gasteiger partial charge in [0.1, 0.15) is 5.82 Å². The van der Waals surface area contributed by atoms with E-state index in [1.807, 2.05) is 13.8 Å². The Labute approximate surface area is 146 Å². The van der Waals surface area contributed by atoms with Crippen LogP contribution in [0.15, 0.2) is 18.2 Å². The van der Waals surface area contributed by atoms with Crippen LogP contribution in [0.2, 0.25) is 0 Å². The van der Waals surface area contributed by atoms with E-state index >= 15 is 0 Å². The Balaban J connectivity index is 0.000000561. The molecule has 1 aromatic rings. The monoisotopic (exact) mass is 344 g/mol. The average Bonchev–Trinajstić information content (AvgIpc) is 2.48. The lowest BCUT2D eigenvalue weighted by atomic mass is 9.93. The van der Waals surface area contributed by atoms with Crippen LogP contribution in [0.1, 0.15) is 55.4 Å². The predicted octanol–water partition coefficient (Wildman–Crippen LogP) is 5.68. The zero-order valence-corrected chi connectivity index (χ0v) is 16.3. The lowest BCUT2D eigenvalue weighted by molar-refractivity contribution is 0.109. The molecule has 0 aliphatic carbocycles. The van der Waals surface area contributed by atoms with Crippen LogP contribution in [-0.4, -0.2) is 17.3 Å². The highest BCUT2D eigenvalue weighted by molar-refractivity contribution is 5.24. The minimum atomic E-state index is -0.650. The topological polar surface area (TPSA) is 29.5 Å². The van der Waals surface area contributed by atoms with Crippen molar-refractivity contribution in [3.8, 4) is 5.75 Å². The molecule has 0 aliphatic heterocycles. The Bertz CT molecular complexity index is 465. The molecular weight excluding hydrogens is 310 g/mol. The second kappa shape index (κ2) is 10.7. The fourth-order valence-electron chi connectivity index (χ4n) is 1.98. The summed E-state index contributed by atoms with van der Waals surface area (Å²) < 4.78 is 31.5. The van der Waals surface area contributed by atoms with E-state index in [0.29, 0.717) is 23.7 Å². The summed E-state index contributed by atoms with van der Waals surface area (Å²) in [6, 6.07) is 3.36. The van der Waals surface area contributed by atoms with Gasteiger partial charge in [-0.25, -0.2) is 8.78 Å². The van der Waals surface area contributed by atoms with Gasteiger partial charge in [0.2, 0.25) is 0 Å². The largest absolute Gasteiger partial charge is 0.487 e. The Morgan fingerprint density at radius 1 is 0.833 bits per heavy atom. The molecule has 4 atom stereocenters. The standard InChI is InChI=1S/C13H18F2O.C7H16O/c1-8(2)9(3)10(4)16-13-6-5-11(14)7-12(13)15;1-5(2)6(3)7(4)8/h5-10H,1-4H3;5-8H,1-4H3/t9-,10+;6-,7+/m11/s1. The molecule has 1 rings (SSSR count). The highest BCUT2D eigenvalue weighted by Gasteiger charge is 2.18. The van der Waals surface area contributed by atoms with E-state index in [1.54, 1.807) is 0 Å². The van der Waals surface area contributed by atoms with Gasteiger partial charge in [0, 0.05) is 6.07 Å². The molecule has 0 fully saturated rings. The summed E-state index contributed by atoms with van der Waals surface area (Å²) in [6.07, 6.45) is -0.255. The second-order valence-corrected chi connectivity index (χ2v) is 7.34. The van der Waals surface area contributed by atoms with Gasteiger partial charge in [0.15, 0.2) is 11.6 Å². The minimum absolute atomic E-state index is 0.0973. The van der Waals surface area contributed by atoms with Crippen LogP contribution in [0.4, 0.5) is 8.78 Å². The number of hydrogen-bond donors (Lipinski definition) is 1. The third-order valence-corrected chi connectivity index (χ3v) is 4.81. The molecule has 0 heterocycles. The van der Waals surface area contributed by atoms with Crippen molar-refractivity contribution >= 4 is 0 Å². The number of hydrogen-bond acceptors (Lipinski definition) is 2. The van der Waals surface area contributed by atoms with Crippen molar-refractivity contribution in [3.63, 3.8) is 0 Å². The maximum atomic E-state index is 13.3. The molecule has 2 nitrogen and oxygen atoms in total. The number of halogens is 2. The van der Waals surface area contributed by atoms with Crippen LogP contribution in [0, 0.1) is 35.3 Å². The van der Waals surface area contributed by atoms with E-state index in [2.05, 4.69) is 41.5 Å². The number of ether oxygens (including phenoxy) is 1. The first kappa shape index (κ1) is 22.8. The summed E-state index contributed by atoms with van der Waals surface area (Å²) in [6.45, 7) is 16.3. The fourth-order valence-corrected chi connectivity index (χ4v) is 1.98. The molecule has 1 aromatic carbocycles. The molecule has 1 N–H and O–H groups in total. The van der Waals surface area contributed by atoms with Crippen molar-refractivity contribution in [2.75, 3.05) is 0 Å². The van der Waals surface area contributed by atoms with E-state index in [0.717, 1.165) is 6.07 Å². The smallest absolute Gasteiger partial charge is 0.167 e. The van der Waals surface area contributed by atoms with Crippen molar-refractivity contribution < 1.29 is 18.6 Å². The van der Waals surface area contributed by atoms with Gasteiger partial charge in [0.05, 0.1) is 12.2 Å². The number of benzene rings is 1. The zero-order valence-electron chi connectivity index (χ0n) is 16.3. The molecule has 24 heavy (non-hydrogen) atoms. The first-order valence-corrected chi connectivity index (χ1v) is 8.77. The first-order chi connectivity index (χ1) is 11.0. The molecule has 0 unspecified atom stereocenters. The van der Waals surface area contributed by atoms with Crippen molar-refractivity contribution in [1.29, 1.82) is 0 Å². The summed E-state index contributed by atoms with van der Waals surface area (Å²) in [4.78, 5) is 0. The summed E-state index contributed by atoms with van der Waals surface area (Å²) in [7, 11) is 0. The molecule has 0 saturated carbocycles. The van der Waals surface area contributed by atoms with Crippen LogP contribution >= 0.6 is 0 Å². The van der Waals surface area contributed by atoms with Gasteiger partial charge >= 0.3 is 0 Å². The van der Waals surface area contributed by atoms with Crippen LogP contribution in [0.3, 0.4) is 0 Å². The minimum Gasteiger partial charge on any atom is -0.487 e. The van der Waals surface area contributed by atoms with Gasteiger partial charge in [-0.15, -0.1) is 0 Å². The number of rotatable bonds is 6. The number of aliphatic hydroxyl groups excluding tert-OH is 1. The third-order valence-electron chi connectivity index (χ3n) is 4.81. The summed E-state index contributed by atoms with van der Waals surface area (Å²) in [5, 5.41) is 8.99. The lowest BCUT2D eigenvalue weighted by Crippen LogP contribution is -2.25. The van der Waals surface area contributed by atoms with Crippen LogP contribution < -0.4 is 4.74 Å². The molecule has 0 radical (unpaired) electrons. The molecule has 0 aliphatic rings. The highest BCUT2D eigenvalue weighted by Crippen LogP contribution is 2.23. The Hall–Kier alpha value is -1.16. The van der Waals surface area contributed by atoms with Gasteiger partial charge in [-0.05, 0) is 49.7 Å². The normalized spacial score (nSPS) is 16.2. The van der Waals surface area contributed by atoms with Crippen LogP contribution in [0.25, 0.3) is 0 Å². The van der Waals surface area contributed by atoms with Gasteiger partial charge in [-0.2, -0.15) is 0 Å². The zero-order chi connectivity index (χ0) is 19.0. The Morgan fingerprint density at radius 2 is 1.33 bits per heavy atom. The predicted molar refractivity (Wildman–Crippen MR) is 96.1 cm³/mol. The van der Waals surface area contributed by atoms with E-state index in [-0.39, 0.29) is 18.0 Å². The molecule has 0 amide bonds. The van der Waals surface area contributed by atoms with Crippen LogP contribution in [0.5, 0.6) is 5.75 Å². The maximum absolute atomic E-state index is 13.3. The van der Waals surface area contributed by atoms with Crippen molar-refractivity contribution in [1.82, 2.24) is 0 Å². The fraction of sp³-hybridized carbons (Fsp3) is 0.700. The SMILES string of the molecule is CC(C)[C@@H](C)[C@H](C)O.CC(C)[C@@H](C)[C@H](C)Oc1ccc(F)cc1F. The van der Waals surface area contributed by atoms with E-state index < -0.39 is 11.6 Å². The maximum Gasteiger partial charge on any atom is 0.167 e. The van der Waals surface area contributed by atoms with Gasteiger partial charge < -0.3 is 9.84 Å². The molecular formula is C20H34F2O2. The van der Waals surface area contributed by atoms with Crippen molar-refractivity contribution in [2.45, 2.75) is 67.6 Å².